The number of hydrogen-bond donors (Lipinski definition) is 1. The van der Waals surface area contributed by atoms with Crippen LogP contribution in [0.2, 0.25) is 0 Å². The van der Waals surface area contributed by atoms with E-state index >= 15 is 0 Å². The summed E-state index contributed by atoms with van der Waals surface area (Å²) in [5, 5.41) is -0.152. The van der Waals surface area contributed by atoms with Crippen LogP contribution in [-0.4, -0.2) is 50.4 Å². The molecule has 1 N–H and O–H groups in total. The van der Waals surface area contributed by atoms with Gasteiger partial charge in [-0.25, -0.2) is 13.4 Å². The molecule has 8 nitrogen and oxygen atoms in total. The number of sulfonamides is 1. The molecular formula is C18H20N2O6S2. The second-order valence-electron chi connectivity index (χ2n) is 5.55. The zero-order chi connectivity index (χ0) is 20.6. The Morgan fingerprint density at radius 1 is 1.11 bits per heavy atom. The van der Waals surface area contributed by atoms with Crippen molar-refractivity contribution in [2.24, 2.45) is 0 Å². The Morgan fingerprint density at radius 3 is 2.39 bits per heavy atom. The number of Topliss-reactive ketones (excluding diaryl/α,β-unsaturated/α-hetero) is 1. The molecule has 0 spiro atoms. The summed E-state index contributed by atoms with van der Waals surface area (Å²) in [6, 6.07) is 8.78. The quantitative estimate of drug-likeness (QED) is 0.457. The van der Waals surface area contributed by atoms with E-state index in [4.69, 9.17) is 9.47 Å². The highest BCUT2D eigenvalue weighted by atomic mass is 32.2. The number of ether oxygens (including phenoxy) is 2. The minimum atomic E-state index is -3.84. The molecule has 0 radical (unpaired) electrons. The summed E-state index contributed by atoms with van der Waals surface area (Å²) in [4.78, 5) is 26.8. The maximum absolute atomic E-state index is 12.4. The number of nitrogens with zero attached hydrogens (tertiary/aromatic N) is 1. The lowest BCUT2D eigenvalue weighted by Crippen LogP contribution is -2.14. The van der Waals surface area contributed by atoms with Gasteiger partial charge in [-0.3, -0.25) is 14.3 Å². The molecule has 0 atom stereocenters. The van der Waals surface area contributed by atoms with E-state index in [9.17, 15) is 18.0 Å². The average molecular weight is 425 g/mol. The number of carbonyl (C=O) groups is 2. The zero-order valence-electron chi connectivity index (χ0n) is 15.4. The molecule has 0 aliphatic carbocycles. The van der Waals surface area contributed by atoms with E-state index in [0.29, 0.717) is 24.5 Å². The van der Waals surface area contributed by atoms with Crippen LogP contribution in [0.25, 0.3) is 0 Å². The molecule has 150 valence electrons. The van der Waals surface area contributed by atoms with Crippen molar-refractivity contribution in [3.05, 3.63) is 48.2 Å². The number of ketones is 1. The van der Waals surface area contributed by atoms with E-state index in [1.54, 1.807) is 19.2 Å². The SMILES string of the molecule is COCCOc1ccc(S(=O)(=O)Nc2ccc(C(=O)CSC(C)=O)cn2)cc1. The highest BCUT2D eigenvalue weighted by Crippen LogP contribution is 2.19. The summed E-state index contributed by atoms with van der Waals surface area (Å²) in [6.07, 6.45) is 1.27. The first-order valence-corrected chi connectivity index (χ1v) is 10.7. The zero-order valence-corrected chi connectivity index (χ0v) is 17.0. The van der Waals surface area contributed by atoms with Gasteiger partial charge in [0.2, 0.25) is 0 Å². The number of rotatable bonds is 10. The van der Waals surface area contributed by atoms with Crippen LogP contribution in [0.3, 0.4) is 0 Å². The van der Waals surface area contributed by atoms with Gasteiger partial charge in [-0.15, -0.1) is 0 Å². The van der Waals surface area contributed by atoms with E-state index in [2.05, 4.69) is 9.71 Å². The lowest BCUT2D eigenvalue weighted by atomic mass is 10.2. The van der Waals surface area contributed by atoms with Crippen LogP contribution in [0.15, 0.2) is 47.5 Å². The second-order valence-corrected chi connectivity index (χ2v) is 8.39. The molecule has 28 heavy (non-hydrogen) atoms. The first-order valence-electron chi connectivity index (χ1n) is 8.19. The van der Waals surface area contributed by atoms with E-state index in [-0.39, 0.29) is 27.4 Å². The fraction of sp³-hybridized carbons (Fsp3) is 0.278. The van der Waals surface area contributed by atoms with Gasteiger partial charge >= 0.3 is 0 Å². The molecule has 0 aliphatic rings. The van der Waals surface area contributed by atoms with Gasteiger partial charge in [0.15, 0.2) is 10.9 Å². The summed E-state index contributed by atoms with van der Waals surface area (Å²) in [5.74, 6) is 0.365. The van der Waals surface area contributed by atoms with Gasteiger partial charge in [-0.2, -0.15) is 0 Å². The average Bonchev–Trinajstić information content (AvgIpc) is 2.67. The van der Waals surface area contributed by atoms with Gasteiger partial charge in [0.05, 0.1) is 17.3 Å². The molecule has 2 rings (SSSR count). The van der Waals surface area contributed by atoms with Crippen LogP contribution in [0.4, 0.5) is 5.82 Å². The first kappa shape index (κ1) is 21.9. The number of nitrogens with one attached hydrogen (secondary N) is 1. The summed E-state index contributed by atoms with van der Waals surface area (Å²) >= 11 is 0.908. The number of methoxy groups -OCH3 is 1. The molecular weight excluding hydrogens is 404 g/mol. The molecule has 0 saturated heterocycles. The lowest BCUT2D eigenvalue weighted by Gasteiger charge is -2.09. The maximum Gasteiger partial charge on any atom is 0.263 e. The van der Waals surface area contributed by atoms with Gasteiger partial charge in [0.1, 0.15) is 18.2 Å². The predicted molar refractivity (Wildman–Crippen MR) is 106 cm³/mol. The van der Waals surface area contributed by atoms with Crippen LogP contribution in [0.1, 0.15) is 17.3 Å². The molecule has 1 heterocycles. The van der Waals surface area contributed by atoms with Crippen molar-refractivity contribution in [2.45, 2.75) is 11.8 Å². The standard InChI is InChI=1S/C18H20N2O6S2/c1-13(21)27-12-17(22)14-3-8-18(19-11-14)20-28(23,24)16-6-4-15(5-7-16)26-10-9-25-2/h3-8,11H,9-10,12H2,1-2H3,(H,19,20). The molecule has 1 aromatic heterocycles. The predicted octanol–water partition coefficient (Wildman–Crippen LogP) is 2.37. The van der Waals surface area contributed by atoms with Crippen molar-refractivity contribution < 1.29 is 27.5 Å². The Morgan fingerprint density at radius 2 is 1.82 bits per heavy atom. The van der Waals surface area contributed by atoms with E-state index in [1.807, 2.05) is 0 Å². The van der Waals surface area contributed by atoms with Crippen LogP contribution < -0.4 is 9.46 Å². The summed E-state index contributed by atoms with van der Waals surface area (Å²) in [5.41, 5.74) is 0.300. The smallest absolute Gasteiger partial charge is 0.263 e. The molecule has 0 saturated carbocycles. The van der Waals surface area contributed by atoms with E-state index < -0.39 is 10.0 Å². The number of benzene rings is 1. The maximum atomic E-state index is 12.4. The molecule has 0 bridgehead atoms. The largest absolute Gasteiger partial charge is 0.491 e. The highest BCUT2D eigenvalue weighted by molar-refractivity contribution is 8.14. The molecule has 0 fully saturated rings. The van der Waals surface area contributed by atoms with Gasteiger partial charge in [-0.1, -0.05) is 11.8 Å². The van der Waals surface area contributed by atoms with Crippen LogP contribution >= 0.6 is 11.8 Å². The van der Waals surface area contributed by atoms with Gasteiger partial charge in [0.25, 0.3) is 10.0 Å². The third kappa shape index (κ3) is 6.63. The minimum absolute atomic E-state index is 0.0148. The summed E-state index contributed by atoms with van der Waals surface area (Å²) in [6.45, 7) is 2.17. The molecule has 0 aliphatic heterocycles. The Bertz CT molecular complexity index is 912. The molecule has 2 aromatic rings. The number of carbonyl (C=O) groups excluding carboxylic acids is 2. The fourth-order valence-corrected chi connectivity index (χ4v) is 3.53. The summed E-state index contributed by atoms with van der Waals surface area (Å²) in [7, 11) is -2.27. The number of hydrogen-bond acceptors (Lipinski definition) is 8. The van der Waals surface area contributed by atoms with Crippen molar-refractivity contribution in [3.8, 4) is 5.75 Å². The monoisotopic (exact) mass is 424 g/mol. The normalized spacial score (nSPS) is 11.1. The Hall–Kier alpha value is -2.43. The van der Waals surface area contributed by atoms with Gasteiger partial charge < -0.3 is 9.47 Å². The van der Waals surface area contributed by atoms with Crippen LogP contribution in [0, 0.1) is 0 Å². The first-order chi connectivity index (χ1) is 13.3. The van der Waals surface area contributed by atoms with E-state index in [0.717, 1.165) is 11.8 Å². The second kappa shape index (κ2) is 10.2. The third-order valence-corrected chi connectivity index (χ3v) is 5.60. The van der Waals surface area contributed by atoms with Crippen molar-refractivity contribution in [1.82, 2.24) is 4.98 Å². The highest BCUT2D eigenvalue weighted by Gasteiger charge is 2.16. The minimum Gasteiger partial charge on any atom is -0.491 e. The number of aromatic nitrogens is 1. The van der Waals surface area contributed by atoms with Gasteiger partial charge in [-0.05, 0) is 36.4 Å². The number of pyridine rings is 1. The Labute approximate surface area is 167 Å². The Kier molecular flexibility index (Phi) is 7.97. The topological polar surface area (TPSA) is 112 Å². The van der Waals surface area contributed by atoms with Gasteiger partial charge in [0, 0.05) is 25.8 Å². The van der Waals surface area contributed by atoms with Crippen molar-refractivity contribution in [1.29, 1.82) is 0 Å². The van der Waals surface area contributed by atoms with Crippen molar-refractivity contribution >= 4 is 38.5 Å². The molecule has 10 heteroatoms. The van der Waals surface area contributed by atoms with Crippen LogP contribution in [0.5, 0.6) is 5.75 Å². The molecule has 0 amide bonds. The van der Waals surface area contributed by atoms with E-state index in [1.165, 1.54) is 37.4 Å². The molecule has 1 aromatic carbocycles. The molecule has 0 unspecified atom stereocenters. The fourth-order valence-electron chi connectivity index (χ4n) is 2.02. The number of thioether (sulfide) groups is 1. The number of anilines is 1. The summed E-state index contributed by atoms with van der Waals surface area (Å²) < 4.78 is 37.5. The van der Waals surface area contributed by atoms with Crippen molar-refractivity contribution in [3.63, 3.8) is 0 Å². The third-order valence-electron chi connectivity index (χ3n) is 3.42. The van der Waals surface area contributed by atoms with Crippen molar-refractivity contribution in [2.75, 3.05) is 30.8 Å². The van der Waals surface area contributed by atoms with Crippen LogP contribution in [-0.2, 0) is 19.6 Å². The Balaban J connectivity index is 2.01. The lowest BCUT2D eigenvalue weighted by molar-refractivity contribution is -0.109.